The van der Waals surface area contributed by atoms with Gasteiger partial charge in [-0.3, -0.25) is 9.69 Å². The maximum Gasteiger partial charge on any atom is 0.226 e. The van der Waals surface area contributed by atoms with Crippen molar-refractivity contribution >= 4 is 28.6 Å². The molecular weight excluding hydrogens is 414 g/mol. The molecule has 0 bridgehead atoms. The number of likely N-dealkylation sites (tertiary alicyclic amines) is 1. The van der Waals surface area contributed by atoms with Gasteiger partial charge in [0.25, 0.3) is 0 Å². The highest BCUT2D eigenvalue weighted by Crippen LogP contribution is 2.27. The smallest absolute Gasteiger partial charge is 0.226 e. The molecule has 158 valence electrons. The molecule has 4 rings (SSSR count). The van der Waals surface area contributed by atoms with Crippen molar-refractivity contribution in [1.82, 2.24) is 15.2 Å². The topological polar surface area (TPSA) is 54.5 Å². The van der Waals surface area contributed by atoms with Gasteiger partial charge in [-0.15, -0.1) is 11.3 Å². The Labute approximate surface area is 185 Å². The van der Waals surface area contributed by atoms with Gasteiger partial charge in [-0.1, -0.05) is 18.6 Å². The Morgan fingerprint density at radius 3 is 2.67 bits per heavy atom. The van der Waals surface area contributed by atoms with E-state index in [1.807, 2.05) is 22.9 Å². The van der Waals surface area contributed by atoms with Crippen LogP contribution in [0.4, 0.5) is 0 Å². The molecule has 1 atom stereocenters. The number of benzene rings is 1. The third-order valence-corrected chi connectivity index (χ3v) is 7.11. The highest BCUT2D eigenvalue weighted by Gasteiger charge is 2.23. The average Bonchev–Trinajstić information content (AvgIpc) is 3.47. The Balaban J connectivity index is 1.39. The minimum absolute atomic E-state index is 0.0210. The van der Waals surface area contributed by atoms with Gasteiger partial charge < -0.3 is 10.1 Å². The molecule has 0 unspecified atom stereocenters. The molecule has 1 N–H and O–H groups in total. The van der Waals surface area contributed by atoms with Crippen LogP contribution in [0.15, 0.2) is 46.5 Å². The number of rotatable bonds is 8. The van der Waals surface area contributed by atoms with Gasteiger partial charge >= 0.3 is 0 Å². The summed E-state index contributed by atoms with van der Waals surface area (Å²) < 4.78 is 5.30. The first kappa shape index (κ1) is 21.0. The largest absolute Gasteiger partial charge is 0.497 e. The minimum Gasteiger partial charge on any atom is -0.497 e. The maximum absolute atomic E-state index is 12.6. The normalized spacial score (nSPS) is 15.6. The highest BCUT2D eigenvalue weighted by atomic mass is 32.1. The van der Waals surface area contributed by atoms with E-state index in [-0.39, 0.29) is 11.9 Å². The Kier molecular flexibility index (Phi) is 7.15. The summed E-state index contributed by atoms with van der Waals surface area (Å²) in [6, 6.07) is 10.4. The molecule has 1 saturated heterocycles. The summed E-state index contributed by atoms with van der Waals surface area (Å²) in [7, 11) is 1.68. The fourth-order valence-electron chi connectivity index (χ4n) is 3.86. The molecule has 1 aliphatic rings. The van der Waals surface area contributed by atoms with E-state index in [0.717, 1.165) is 35.1 Å². The fourth-order valence-corrected chi connectivity index (χ4v) is 5.39. The number of hydrogen-bond donors (Lipinski definition) is 1. The van der Waals surface area contributed by atoms with Crippen LogP contribution in [0.5, 0.6) is 5.75 Å². The molecular formula is C23H27N3O2S2. The van der Waals surface area contributed by atoms with Gasteiger partial charge in [0.1, 0.15) is 10.8 Å². The summed E-state index contributed by atoms with van der Waals surface area (Å²) in [6.45, 7) is 2.75. The lowest BCUT2D eigenvalue weighted by Crippen LogP contribution is -2.41. The standard InChI is InChI=1S/C23H27N3O2S2/c1-28-20-7-5-17(6-8-20)21(26-10-3-2-4-11-26)14-24-22(27)13-19-16-30-23(25-19)18-9-12-29-15-18/h5-9,12,15-16,21H,2-4,10-11,13-14H2,1H3,(H,24,27)/t21-/m1/s1. The van der Waals surface area contributed by atoms with Gasteiger partial charge in [-0.05, 0) is 55.1 Å². The van der Waals surface area contributed by atoms with Crippen LogP contribution in [0.1, 0.15) is 36.6 Å². The summed E-state index contributed by atoms with van der Waals surface area (Å²) in [5, 5.41) is 10.2. The number of thiophene rings is 1. The lowest BCUT2D eigenvalue weighted by atomic mass is 10.0. The number of nitrogens with zero attached hydrogens (tertiary/aromatic N) is 2. The van der Waals surface area contributed by atoms with E-state index in [2.05, 4.69) is 38.8 Å². The third kappa shape index (κ3) is 5.28. The lowest BCUT2D eigenvalue weighted by Gasteiger charge is -2.35. The van der Waals surface area contributed by atoms with Gasteiger partial charge in [0.05, 0.1) is 25.3 Å². The van der Waals surface area contributed by atoms with Crippen molar-refractivity contribution in [2.24, 2.45) is 0 Å². The van der Waals surface area contributed by atoms with Gasteiger partial charge in [0.2, 0.25) is 5.91 Å². The van der Waals surface area contributed by atoms with E-state index in [4.69, 9.17) is 4.74 Å². The van der Waals surface area contributed by atoms with Gasteiger partial charge in [-0.25, -0.2) is 4.98 Å². The van der Waals surface area contributed by atoms with Crippen molar-refractivity contribution < 1.29 is 9.53 Å². The van der Waals surface area contributed by atoms with Gasteiger partial charge in [0, 0.05) is 22.9 Å². The molecule has 0 spiro atoms. The molecule has 1 amide bonds. The zero-order valence-electron chi connectivity index (χ0n) is 17.2. The molecule has 3 heterocycles. The second-order valence-corrected chi connectivity index (χ2v) is 9.16. The Hall–Kier alpha value is -2.22. The number of carbonyl (C=O) groups is 1. The number of methoxy groups -OCH3 is 1. The molecule has 0 radical (unpaired) electrons. The number of hydrogen-bond acceptors (Lipinski definition) is 6. The summed E-state index contributed by atoms with van der Waals surface area (Å²) in [5.41, 5.74) is 3.17. The van der Waals surface area contributed by atoms with Crippen LogP contribution in [0, 0.1) is 0 Å². The first-order valence-electron chi connectivity index (χ1n) is 10.3. The Bertz CT molecular complexity index is 932. The molecule has 7 heteroatoms. The highest BCUT2D eigenvalue weighted by molar-refractivity contribution is 7.14. The molecule has 0 saturated carbocycles. The Morgan fingerprint density at radius 1 is 1.17 bits per heavy atom. The number of thiazole rings is 1. The minimum atomic E-state index is 0.0210. The van der Waals surface area contributed by atoms with Crippen molar-refractivity contribution in [2.45, 2.75) is 31.7 Å². The van der Waals surface area contributed by atoms with E-state index in [1.165, 1.54) is 24.8 Å². The van der Waals surface area contributed by atoms with Crippen LogP contribution in [0.2, 0.25) is 0 Å². The molecule has 2 aromatic heterocycles. The van der Waals surface area contributed by atoms with Gasteiger partial charge in [0.15, 0.2) is 0 Å². The number of piperidine rings is 1. The number of ether oxygens (including phenoxy) is 1. The molecule has 3 aromatic rings. The Morgan fingerprint density at radius 2 is 1.97 bits per heavy atom. The van der Waals surface area contributed by atoms with E-state index in [9.17, 15) is 4.79 Å². The van der Waals surface area contributed by atoms with Crippen LogP contribution in [-0.2, 0) is 11.2 Å². The zero-order valence-corrected chi connectivity index (χ0v) is 18.8. The van der Waals surface area contributed by atoms with Crippen LogP contribution in [0.3, 0.4) is 0 Å². The van der Waals surface area contributed by atoms with Crippen molar-refractivity contribution in [3.63, 3.8) is 0 Å². The monoisotopic (exact) mass is 441 g/mol. The number of nitrogens with one attached hydrogen (secondary N) is 1. The number of carbonyl (C=O) groups excluding carboxylic acids is 1. The van der Waals surface area contributed by atoms with E-state index < -0.39 is 0 Å². The molecule has 1 aliphatic heterocycles. The number of amides is 1. The van der Waals surface area contributed by atoms with E-state index in [1.54, 1.807) is 29.8 Å². The van der Waals surface area contributed by atoms with Gasteiger partial charge in [-0.2, -0.15) is 11.3 Å². The molecule has 1 fully saturated rings. The van der Waals surface area contributed by atoms with Crippen molar-refractivity contribution in [1.29, 1.82) is 0 Å². The zero-order chi connectivity index (χ0) is 20.8. The third-order valence-electron chi connectivity index (χ3n) is 5.49. The van der Waals surface area contributed by atoms with E-state index in [0.29, 0.717) is 13.0 Å². The van der Waals surface area contributed by atoms with Crippen LogP contribution >= 0.6 is 22.7 Å². The van der Waals surface area contributed by atoms with Crippen molar-refractivity contribution in [3.05, 3.63) is 57.7 Å². The second-order valence-electron chi connectivity index (χ2n) is 7.52. The molecule has 30 heavy (non-hydrogen) atoms. The lowest BCUT2D eigenvalue weighted by molar-refractivity contribution is -0.120. The van der Waals surface area contributed by atoms with Crippen molar-refractivity contribution in [3.8, 4) is 16.3 Å². The summed E-state index contributed by atoms with van der Waals surface area (Å²) >= 11 is 3.25. The van der Waals surface area contributed by atoms with Crippen molar-refractivity contribution in [2.75, 3.05) is 26.7 Å². The summed E-state index contributed by atoms with van der Waals surface area (Å²) in [5.74, 6) is 0.873. The van der Waals surface area contributed by atoms with Crippen LogP contribution < -0.4 is 10.1 Å². The van der Waals surface area contributed by atoms with E-state index >= 15 is 0 Å². The summed E-state index contributed by atoms with van der Waals surface area (Å²) in [6.07, 6.45) is 4.03. The average molecular weight is 442 g/mol. The van der Waals surface area contributed by atoms with Crippen LogP contribution in [0.25, 0.3) is 10.6 Å². The quantitative estimate of drug-likeness (QED) is 0.547. The SMILES string of the molecule is COc1ccc([C@@H](CNC(=O)Cc2csc(-c3ccsc3)n2)N2CCCCC2)cc1. The first-order chi connectivity index (χ1) is 14.7. The fraction of sp³-hybridized carbons (Fsp3) is 0.391. The predicted molar refractivity (Wildman–Crippen MR) is 123 cm³/mol. The first-order valence-corrected chi connectivity index (χ1v) is 12.2. The summed E-state index contributed by atoms with van der Waals surface area (Å²) in [4.78, 5) is 19.8. The molecule has 0 aliphatic carbocycles. The second kappa shape index (κ2) is 10.2. The number of aromatic nitrogens is 1. The predicted octanol–water partition coefficient (Wildman–Crippen LogP) is 4.77. The maximum atomic E-state index is 12.6. The molecule has 5 nitrogen and oxygen atoms in total. The van der Waals surface area contributed by atoms with Crippen LogP contribution in [-0.4, -0.2) is 42.5 Å². The molecule has 1 aromatic carbocycles.